The van der Waals surface area contributed by atoms with Crippen LogP contribution in [0.3, 0.4) is 0 Å². The maximum Gasteiger partial charge on any atom is 0.430 e. The maximum atomic E-state index is 12.8. The summed E-state index contributed by atoms with van der Waals surface area (Å²) in [6.45, 7) is 3.43. The summed E-state index contributed by atoms with van der Waals surface area (Å²) < 4.78 is 43.3. The second-order valence-corrected chi connectivity index (χ2v) is 4.44. The van der Waals surface area contributed by atoms with E-state index in [9.17, 15) is 18.0 Å². The summed E-state index contributed by atoms with van der Waals surface area (Å²) >= 11 is 0. The smallest absolute Gasteiger partial charge is 0.430 e. The SMILES string of the molecule is Cc1cc(C)c2c(c1)OC(C(F)(F)F)C(C(=O)O)=C2. The van der Waals surface area contributed by atoms with Gasteiger partial charge >= 0.3 is 12.1 Å². The maximum absolute atomic E-state index is 12.8. The van der Waals surface area contributed by atoms with Gasteiger partial charge in [-0.3, -0.25) is 0 Å². The molecule has 1 aromatic rings. The highest BCUT2D eigenvalue weighted by molar-refractivity contribution is 5.95. The van der Waals surface area contributed by atoms with Crippen LogP contribution in [0, 0.1) is 13.8 Å². The monoisotopic (exact) mass is 272 g/mol. The van der Waals surface area contributed by atoms with Crippen LogP contribution in [0.25, 0.3) is 6.08 Å². The van der Waals surface area contributed by atoms with E-state index < -0.39 is 23.8 Å². The van der Waals surface area contributed by atoms with Crippen molar-refractivity contribution in [1.29, 1.82) is 0 Å². The van der Waals surface area contributed by atoms with Crippen LogP contribution in [-0.4, -0.2) is 23.4 Å². The molecule has 0 bridgehead atoms. The first-order valence-corrected chi connectivity index (χ1v) is 5.49. The quantitative estimate of drug-likeness (QED) is 0.854. The van der Waals surface area contributed by atoms with Crippen LogP contribution in [0.5, 0.6) is 5.75 Å². The Hall–Kier alpha value is -1.98. The number of benzene rings is 1. The lowest BCUT2D eigenvalue weighted by molar-refractivity contribution is -0.187. The molecule has 1 heterocycles. The molecule has 0 aromatic heterocycles. The van der Waals surface area contributed by atoms with Crippen molar-refractivity contribution >= 4 is 12.0 Å². The number of aryl methyl sites for hydroxylation is 2. The van der Waals surface area contributed by atoms with E-state index in [-0.39, 0.29) is 5.75 Å². The van der Waals surface area contributed by atoms with Gasteiger partial charge in [0.05, 0.1) is 5.57 Å². The van der Waals surface area contributed by atoms with Crippen LogP contribution in [-0.2, 0) is 4.79 Å². The molecule has 1 aliphatic rings. The standard InChI is InChI=1S/C13H11F3O3/c1-6-3-7(2)8-5-9(12(17)18)11(13(14,15)16)19-10(8)4-6/h3-5,11H,1-2H3,(H,17,18). The van der Waals surface area contributed by atoms with Crippen LogP contribution in [0.1, 0.15) is 16.7 Å². The first-order chi connectivity index (χ1) is 8.70. The van der Waals surface area contributed by atoms with Crippen LogP contribution in [0.2, 0.25) is 0 Å². The first-order valence-electron chi connectivity index (χ1n) is 5.49. The third-order valence-electron chi connectivity index (χ3n) is 2.86. The van der Waals surface area contributed by atoms with E-state index in [1.807, 2.05) is 0 Å². The molecule has 1 aromatic carbocycles. The lowest BCUT2D eigenvalue weighted by atomic mass is 9.96. The Morgan fingerprint density at radius 3 is 2.47 bits per heavy atom. The van der Waals surface area contributed by atoms with E-state index in [4.69, 9.17) is 9.84 Å². The van der Waals surface area contributed by atoms with E-state index >= 15 is 0 Å². The Morgan fingerprint density at radius 1 is 1.32 bits per heavy atom. The minimum absolute atomic E-state index is 0.0600. The van der Waals surface area contributed by atoms with E-state index in [1.165, 1.54) is 6.07 Å². The molecule has 0 saturated heterocycles. The number of carbonyl (C=O) groups is 1. The van der Waals surface area contributed by atoms with Crippen LogP contribution >= 0.6 is 0 Å². The lowest BCUT2D eigenvalue weighted by Gasteiger charge is -2.28. The summed E-state index contributed by atoms with van der Waals surface area (Å²) in [4.78, 5) is 11.0. The molecule has 2 rings (SSSR count). The van der Waals surface area contributed by atoms with Crippen molar-refractivity contribution in [3.8, 4) is 5.75 Å². The van der Waals surface area contributed by atoms with Crippen LogP contribution in [0.15, 0.2) is 17.7 Å². The van der Waals surface area contributed by atoms with Crippen molar-refractivity contribution in [2.45, 2.75) is 26.1 Å². The molecule has 19 heavy (non-hydrogen) atoms. The molecular weight excluding hydrogens is 261 g/mol. The molecule has 1 unspecified atom stereocenters. The second kappa shape index (κ2) is 4.29. The topological polar surface area (TPSA) is 46.5 Å². The average molecular weight is 272 g/mol. The van der Waals surface area contributed by atoms with Crippen molar-refractivity contribution in [2.24, 2.45) is 0 Å². The summed E-state index contributed by atoms with van der Waals surface area (Å²) in [5, 5.41) is 8.89. The molecule has 1 atom stereocenters. The Bertz CT molecular complexity index is 573. The van der Waals surface area contributed by atoms with Gasteiger partial charge in [0, 0.05) is 5.56 Å². The number of carboxylic acid groups (broad SMARTS) is 1. The fourth-order valence-electron chi connectivity index (χ4n) is 2.06. The number of alkyl halides is 3. The fourth-order valence-corrected chi connectivity index (χ4v) is 2.06. The predicted molar refractivity (Wildman–Crippen MR) is 62.0 cm³/mol. The highest BCUT2D eigenvalue weighted by Gasteiger charge is 2.48. The summed E-state index contributed by atoms with van der Waals surface area (Å²) in [7, 11) is 0. The zero-order valence-corrected chi connectivity index (χ0v) is 10.2. The molecule has 0 amide bonds. The minimum atomic E-state index is -4.76. The largest absolute Gasteiger partial charge is 0.478 e. The third kappa shape index (κ3) is 2.43. The van der Waals surface area contributed by atoms with Gasteiger partial charge in [-0.1, -0.05) is 6.07 Å². The van der Waals surface area contributed by atoms with E-state index in [0.717, 1.165) is 11.6 Å². The zero-order chi connectivity index (χ0) is 14.4. The highest BCUT2D eigenvalue weighted by Crippen LogP contribution is 2.38. The number of fused-ring (bicyclic) bond motifs is 1. The molecule has 1 N–H and O–H groups in total. The van der Waals surface area contributed by atoms with Gasteiger partial charge < -0.3 is 9.84 Å². The zero-order valence-electron chi connectivity index (χ0n) is 10.2. The Morgan fingerprint density at radius 2 is 1.95 bits per heavy atom. The number of ether oxygens (including phenoxy) is 1. The van der Waals surface area contributed by atoms with Crippen molar-refractivity contribution in [1.82, 2.24) is 0 Å². The molecule has 0 fully saturated rings. The molecule has 0 spiro atoms. The number of aliphatic carboxylic acids is 1. The molecule has 102 valence electrons. The molecule has 0 aliphatic carbocycles. The van der Waals surface area contributed by atoms with Gasteiger partial charge in [0.25, 0.3) is 0 Å². The Labute approximate surface area is 107 Å². The predicted octanol–water partition coefficient (Wildman–Crippen LogP) is 3.09. The second-order valence-electron chi connectivity index (χ2n) is 4.44. The summed E-state index contributed by atoms with van der Waals surface area (Å²) in [6.07, 6.45) is -6.16. The van der Waals surface area contributed by atoms with Crippen LogP contribution in [0.4, 0.5) is 13.2 Å². The molecule has 3 nitrogen and oxygen atoms in total. The van der Waals surface area contributed by atoms with Crippen molar-refractivity contribution < 1.29 is 27.8 Å². The van der Waals surface area contributed by atoms with Crippen molar-refractivity contribution in [3.63, 3.8) is 0 Å². The van der Waals surface area contributed by atoms with Gasteiger partial charge in [0.1, 0.15) is 5.75 Å². The van der Waals surface area contributed by atoms with Gasteiger partial charge in [-0.05, 0) is 37.1 Å². The number of hydrogen-bond acceptors (Lipinski definition) is 2. The van der Waals surface area contributed by atoms with Gasteiger partial charge in [0.2, 0.25) is 6.10 Å². The van der Waals surface area contributed by atoms with Gasteiger partial charge in [-0.15, -0.1) is 0 Å². The lowest BCUT2D eigenvalue weighted by Crippen LogP contribution is -2.40. The Balaban J connectivity index is 2.61. The van der Waals surface area contributed by atoms with Crippen LogP contribution < -0.4 is 4.74 Å². The summed E-state index contributed by atoms with van der Waals surface area (Å²) in [5.74, 6) is -1.57. The minimum Gasteiger partial charge on any atom is -0.478 e. The molecule has 1 aliphatic heterocycles. The Kier molecular flexibility index (Phi) is 3.04. The summed E-state index contributed by atoms with van der Waals surface area (Å²) in [5.41, 5.74) is 1.01. The first kappa shape index (κ1) is 13.5. The fraction of sp³-hybridized carbons (Fsp3) is 0.308. The third-order valence-corrected chi connectivity index (χ3v) is 2.86. The molecule has 6 heteroatoms. The van der Waals surface area contributed by atoms with E-state index in [0.29, 0.717) is 11.1 Å². The normalized spacial score (nSPS) is 18.4. The number of carboxylic acids is 1. The molecule has 0 radical (unpaired) electrons. The van der Waals surface area contributed by atoms with Gasteiger partial charge in [-0.25, -0.2) is 4.79 Å². The number of halogens is 3. The van der Waals surface area contributed by atoms with Crippen molar-refractivity contribution in [3.05, 3.63) is 34.4 Å². The number of hydrogen-bond donors (Lipinski definition) is 1. The van der Waals surface area contributed by atoms with Crippen molar-refractivity contribution in [2.75, 3.05) is 0 Å². The summed E-state index contributed by atoms with van der Waals surface area (Å²) in [6, 6.07) is 3.22. The van der Waals surface area contributed by atoms with E-state index in [1.54, 1.807) is 19.9 Å². The van der Waals surface area contributed by atoms with Gasteiger partial charge in [0.15, 0.2) is 0 Å². The molecule has 0 saturated carbocycles. The average Bonchev–Trinajstić information content (AvgIpc) is 2.25. The molecular formula is C13H11F3O3. The number of rotatable bonds is 1. The highest BCUT2D eigenvalue weighted by atomic mass is 19.4. The van der Waals surface area contributed by atoms with Gasteiger partial charge in [-0.2, -0.15) is 13.2 Å². The van der Waals surface area contributed by atoms with E-state index in [2.05, 4.69) is 0 Å².